The minimum absolute atomic E-state index is 0.496. The molecule has 0 aliphatic heterocycles. The van der Waals surface area contributed by atoms with Crippen LogP contribution in [0.2, 0.25) is 0 Å². The molecule has 7 heteroatoms. The van der Waals surface area contributed by atoms with Gasteiger partial charge >= 0.3 is 0 Å². The molecular formula is C8H9F2NO3S. The summed E-state index contributed by atoms with van der Waals surface area (Å²) in [5.74, 6) is -1.92. The molecule has 15 heavy (non-hydrogen) atoms. The zero-order chi connectivity index (χ0) is 11.6. The van der Waals surface area contributed by atoms with Crippen LogP contribution < -0.4 is 0 Å². The number of sulfonamides is 1. The van der Waals surface area contributed by atoms with E-state index >= 15 is 0 Å². The summed E-state index contributed by atoms with van der Waals surface area (Å²) >= 11 is 0. The van der Waals surface area contributed by atoms with E-state index in [0.29, 0.717) is 22.7 Å². The standard InChI is InChI=1S/C8H9F2NO3S/c1-11(14-2)15(12,13)8-4-6(9)3-7(10)5-8/h3-5H,1-2H3. The van der Waals surface area contributed by atoms with Crippen molar-refractivity contribution in [3.05, 3.63) is 29.8 Å². The van der Waals surface area contributed by atoms with Gasteiger partial charge < -0.3 is 0 Å². The molecular weight excluding hydrogens is 228 g/mol. The monoisotopic (exact) mass is 237 g/mol. The highest BCUT2D eigenvalue weighted by molar-refractivity contribution is 7.89. The highest BCUT2D eigenvalue weighted by Gasteiger charge is 2.22. The molecule has 0 spiro atoms. The summed E-state index contributed by atoms with van der Waals surface area (Å²) in [6.07, 6.45) is 0. The molecule has 0 saturated carbocycles. The summed E-state index contributed by atoms with van der Waals surface area (Å²) < 4.78 is 49.1. The van der Waals surface area contributed by atoms with E-state index in [-0.39, 0.29) is 0 Å². The van der Waals surface area contributed by atoms with Gasteiger partial charge in [-0.05, 0) is 12.1 Å². The largest absolute Gasteiger partial charge is 0.288 e. The number of halogens is 2. The topological polar surface area (TPSA) is 46.6 Å². The van der Waals surface area contributed by atoms with Crippen molar-refractivity contribution in [1.29, 1.82) is 0 Å². The van der Waals surface area contributed by atoms with Gasteiger partial charge in [0.25, 0.3) is 10.0 Å². The lowest BCUT2D eigenvalue weighted by atomic mass is 10.3. The van der Waals surface area contributed by atoms with Crippen LogP contribution in [0.25, 0.3) is 0 Å². The van der Waals surface area contributed by atoms with Gasteiger partial charge in [0.15, 0.2) is 0 Å². The highest BCUT2D eigenvalue weighted by Crippen LogP contribution is 2.17. The van der Waals surface area contributed by atoms with Crippen LogP contribution >= 0.6 is 0 Å². The predicted molar refractivity (Wildman–Crippen MR) is 48.3 cm³/mol. The maximum absolute atomic E-state index is 12.8. The summed E-state index contributed by atoms with van der Waals surface area (Å²) in [6, 6.07) is 2.02. The molecule has 1 aromatic carbocycles. The number of nitrogens with zero attached hydrogens (tertiary/aromatic N) is 1. The van der Waals surface area contributed by atoms with E-state index < -0.39 is 26.6 Å². The first-order chi connectivity index (χ1) is 6.87. The number of benzene rings is 1. The third-order valence-corrected chi connectivity index (χ3v) is 3.39. The lowest BCUT2D eigenvalue weighted by Gasteiger charge is -2.13. The molecule has 0 bridgehead atoms. The zero-order valence-electron chi connectivity index (χ0n) is 8.07. The van der Waals surface area contributed by atoms with Crippen LogP contribution in [0.1, 0.15) is 0 Å². The van der Waals surface area contributed by atoms with Crippen LogP contribution in [-0.4, -0.2) is 27.0 Å². The molecule has 0 aliphatic carbocycles. The fourth-order valence-electron chi connectivity index (χ4n) is 0.924. The fraction of sp³-hybridized carbons (Fsp3) is 0.250. The molecule has 0 amide bonds. The van der Waals surface area contributed by atoms with Gasteiger partial charge in [0.1, 0.15) is 11.6 Å². The molecule has 0 radical (unpaired) electrons. The van der Waals surface area contributed by atoms with Crippen LogP contribution in [0, 0.1) is 11.6 Å². The Bertz CT molecular complexity index is 441. The Morgan fingerprint density at radius 1 is 1.20 bits per heavy atom. The van der Waals surface area contributed by atoms with Gasteiger partial charge in [0, 0.05) is 13.1 Å². The maximum atomic E-state index is 12.8. The van der Waals surface area contributed by atoms with E-state index in [9.17, 15) is 17.2 Å². The van der Waals surface area contributed by atoms with E-state index in [0.717, 1.165) is 14.2 Å². The lowest BCUT2D eigenvalue weighted by Crippen LogP contribution is -2.25. The molecule has 4 nitrogen and oxygen atoms in total. The van der Waals surface area contributed by atoms with Gasteiger partial charge in [0.2, 0.25) is 0 Å². The molecule has 1 aromatic rings. The molecule has 0 atom stereocenters. The minimum Gasteiger partial charge on any atom is -0.288 e. The SMILES string of the molecule is CON(C)S(=O)(=O)c1cc(F)cc(F)c1. The van der Waals surface area contributed by atoms with Gasteiger partial charge in [-0.15, -0.1) is 0 Å². The molecule has 0 heterocycles. The van der Waals surface area contributed by atoms with Crippen molar-refractivity contribution in [2.45, 2.75) is 4.90 Å². The van der Waals surface area contributed by atoms with Crippen molar-refractivity contribution < 1.29 is 22.0 Å². The second kappa shape index (κ2) is 4.21. The fourth-order valence-corrected chi connectivity index (χ4v) is 1.94. The van der Waals surface area contributed by atoms with Gasteiger partial charge in [-0.3, -0.25) is 4.84 Å². The van der Waals surface area contributed by atoms with E-state index in [1.807, 2.05) is 0 Å². The molecule has 0 saturated heterocycles. The molecule has 1 rings (SSSR count). The van der Waals surface area contributed by atoms with E-state index in [1.54, 1.807) is 0 Å². The second-order valence-corrected chi connectivity index (χ2v) is 4.64. The normalized spacial score (nSPS) is 12.1. The van der Waals surface area contributed by atoms with Crippen molar-refractivity contribution >= 4 is 10.0 Å². The minimum atomic E-state index is -4.00. The van der Waals surface area contributed by atoms with E-state index in [2.05, 4.69) is 4.84 Å². The van der Waals surface area contributed by atoms with Crippen molar-refractivity contribution in [3.63, 3.8) is 0 Å². The van der Waals surface area contributed by atoms with Crippen molar-refractivity contribution in [1.82, 2.24) is 4.47 Å². The van der Waals surface area contributed by atoms with Gasteiger partial charge in [-0.1, -0.05) is 4.47 Å². The second-order valence-electron chi connectivity index (χ2n) is 2.70. The third-order valence-electron chi connectivity index (χ3n) is 1.73. The first-order valence-corrected chi connectivity index (χ1v) is 5.31. The Morgan fingerprint density at radius 3 is 2.07 bits per heavy atom. The molecule has 0 N–H and O–H groups in total. The molecule has 84 valence electrons. The smallest absolute Gasteiger partial charge is 0.264 e. The van der Waals surface area contributed by atoms with Crippen molar-refractivity contribution in [2.75, 3.05) is 14.2 Å². The summed E-state index contributed by atoms with van der Waals surface area (Å²) in [7, 11) is -1.75. The van der Waals surface area contributed by atoms with Crippen LogP contribution in [-0.2, 0) is 14.9 Å². The van der Waals surface area contributed by atoms with Crippen molar-refractivity contribution in [2.24, 2.45) is 0 Å². The lowest BCUT2D eigenvalue weighted by molar-refractivity contribution is -0.0258. The zero-order valence-corrected chi connectivity index (χ0v) is 8.88. The van der Waals surface area contributed by atoms with Crippen LogP contribution in [0.5, 0.6) is 0 Å². The predicted octanol–water partition coefficient (Wildman–Crippen LogP) is 1.15. The molecule has 0 unspecified atom stereocenters. The summed E-state index contributed by atoms with van der Waals surface area (Å²) in [5.41, 5.74) is 0. The number of hydrogen-bond acceptors (Lipinski definition) is 3. The van der Waals surface area contributed by atoms with Gasteiger partial charge in [0.05, 0.1) is 12.0 Å². The Morgan fingerprint density at radius 2 is 1.67 bits per heavy atom. The van der Waals surface area contributed by atoms with E-state index in [1.165, 1.54) is 0 Å². The third kappa shape index (κ3) is 2.49. The first kappa shape index (κ1) is 12.0. The number of hydroxylamine groups is 1. The number of rotatable bonds is 3. The van der Waals surface area contributed by atoms with Crippen LogP contribution in [0.15, 0.2) is 23.1 Å². The van der Waals surface area contributed by atoms with E-state index in [4.69, 9.17) is 0 Å². The Hall–Kier alpha value is -1.05. The quantitative estimate of drug-likeness (QED) is 0.741. The van der Waals surface area contributed by atoms with Crippen LogP contribution in [0.3, 0.4) is 0 Å². The summed E-state index contributed by atoms with van der Waals surface area (Å²) in [6.45, 7) is 0. The molecule has 0 aromatic heterocycles. The number of hydrogen-bond donors (Lipinski definition) is 0. The average Bonchev–Trinajstić information content (AvgIpc) is 2.15. The Labute approximate surface area is 86.1 Å². The molecule has 0 fully saturated rings. The highest BCUT2D eigenvalue weighted by atomic mass is 32.2. The first-order valence-electron chi connectivity index (χ1n) is 3.87. The Kier molecular flexibility index (Phi) is 3.38. The maximum Gasteiger partial charge on any atom is 0.264 e. The Balaban J connectivity index is 3.27. The summed E-state index contributed by atoms with van der Waals surface area (Å²) in [5, 5.41) is 0. The average molecular weight is 237 g/mol. The van der Waals surface area contributed by atoms with Gasteiger partial charge in [-0.25, -0.2) is 17.2 Å². The summed E-state index contributed by atoms with van der Waals surface area (Å²) in [4.78, 5) is 3.95. The van der Waals surface area contributed by atoms with Gasteiger partial charge in [-0.2, -0.15) is 0 Å². The van der Waals surface area contributed by atoms with Crippen LogP contribution in [0.4, 0.5) is 8.78 Å². The van der Waals surface area contributed by atoms with Crippen molar-refractivity contribution in [3.8, 4) is 0 Å². The molecule has 0 aliphatic rings.